The summed E-state index contributed by atoms with van der Waals surface area (Å²) in [7, 11) is 0. The predicted octanol–water partition coefficient (Wildman–Crippen LogP) is 5.55. The molecule has 1 saturated heterocycles. The second-order valence-corrected chi connectivity index (χ2v) is 8.66. The first-order valence-corrected chi connectivity index (χ1v) is 11.3. The largest absolute Gasteiger partial charge is 0.360 e. The quantitative estimate of drug-likeness (QED) is 0.427. The van der Waals surface area contributed by atoms with E-state index in [-0.39, 0.29) is 0 Å². The molecule has 4 aromatic rings. The zero-order chi connectivity index (χ0) is 20.3. The standard InChI is InChI=1S/C24H24N4OS/c1-17-22(23(27-29-17)18-7-3-2-4-8-18)21-16-30-24(26-21)19-10-13-28(14-11-19)15-20-9-5-6-12-25-20/h2-9,12,16,19H,10-11,13-15H2,1H3. The molecule has 5 nitrogen and oxygen atoms in total. The van der Waals surface area contributed by atoms with E-state index in [2.05, 4.69) is 44.7 Å². The van der Waals surface area contributed by atoms with Crippen LogP contribution in [0.2, 0.25) is 0 Å². The highest BCUT2D eigenvalue weighted by molar-refractivity contribution is 7.10. The Bertz CT molecular complexity index is 1100. The number of hydrogen-bond acceptors (Lipinski definition) is 6. The molecule has 152 valence electrons. The van der Waals surface area contributed by atoms with E-state index >= 15 is 0 Å². The first kappa shape index (κ1) is 19.2. The van der Waals surface area contributed by atoms with Crippen LogP contribution in [0.4, 0.5) is 0 Å². The van der Waals surface area contributed by atoms with Crippen molar-refractivity contribution in [3.8, 4) is 22.5 Å². The minimum Gasteiger partial charge on any atom is -0.360 e. The van der Waals surface area contributed by atoms with Gasteiger partial charge in [-0.05, 0) is 45.0 Å². The van der Waals surface area contributed by atoms with Crippen LogP contribution in [-0.4, -0.2) is 33.1 Å². The molecule has 0 aliphatic carbocycles. The van der Waals surface area contributed by atoms with E-state index in [0.717, 1.165) is 66.4 Å². The summed E-state index contributed by atoms with van der Waals surface area (Å²) < 4.78 is 5.53. The summed E-state index contributed by atoms with van der Waals surface area (Å²) in [5, 5.41) is 7.69. The topological polar surface area (TPSA) is 55.1 Å². The second-order valence-electron chi connectivity index (χ2n) is 7.77. The van der Waals surface area contributed by atoms with Crippen molar-refractivity contribution in [3.05, 3.63) is 76.6 Å². The highest BCUT2D eigenvalue weighted by atomic mass is 32.1. The number of likely N-dealkylation sites (tertiary alicyclic amines) is 1. The molecule has 0 bridgehead atoms. The van der Waals surface area contributed by atoms with Gasteiger partial charge in [0.05, 0.1) is 22.0 Å². The smallest absolute Gasteiger partial charge is 0.143 e. The summed E-state index contributed by atoms with van der Waals surface area (Å²) in [4.78, 5) is 12.0. The number of rotatable bonds is 5. The van der Waals surface area contributed by atoms with E-state index < -0.39 is 0 Å². The van der Waals surface area contributed by atoms with Gasteiger partial charge in [0.2, 0.25) is 0 Å². The molecule has 0 spiro atoms. The van der Waals surface area contributed by atoms with Gasteiger partial charge >= 0.3 is 0 Å². The molecule has 4 heterocycles. The summed E-state index contributed by atoms with van der Waals surface area (Å²) in [6.45, 7) is 5.05. The minimum atomic E-state index is 0.518. The maximum atomic E-state index is 5.53. The van der Waals surface area contributed by atoms with Crippen molar-refractivity contribution in [2.45, 2.75) is 32.2 Å². The van der Waals surface area contributed by atoms with Crippen molar-refractivity contribution in [2.24, 2.45) is 0 Å². The van der Waals surface area contributed by atoms with Gasteiger partial charge in [0.1, 0.15) is 11.5 Å². The van der Waals surface area contributed by atoms with E-state index in [0.29, 0.717) is 5.92 Å². The SMILES string of the molecule is Cc1onc(-c2ccccc2)c1-c1csc(C2CCN(Cc3ccccn3)CC2)n1. The summed E-state index contributed by atoms with van der Waals surface area (Å²) in [6, 6.07) is 16.3. The number of nitrogens with zero attached hydrogens (tertiary/aromatic N) is 4. The van der Waals surface area contributed by atoms with Gasteiger partial charge < -0.3 is 4.52 Å². The van der Waals surface area contributed by atoms with Crippen molar-refractivity contribution < 1.29 is 4.52 Å². The monoisotopic (exact) mass is 416 g/mol. The molecule has 1 fully saturated rings. The second kappa shape index (κ2) is 8.50. The van der Waals surface area contributed by atoms with Crippen LogP contribution in [0.3, 0.4) is 0 Å². The van der Waals surface area contributed by atoms with E-state index in [4.69, 9.17) is 9.51 Å². The number of thiazole rings is 1. The molecule has 0 unspecified atom stereocenters. The van der Waals surface area contributed by atoms with Crippen molar-refractivity contribution in [1.29, 1.82) is 0 Å². The predicted molar refractivity (Wildman–Crippen MR) is 119 cm³/mol. The lowest BCUT2D eigenvalue weighted by Gasteiger charge is -2.30. The number of benzene rings is 1. The maximum absolute atomic E-state index is 5.53. The van der Waals surface area contributed by atoms with Crippen LogP contribution in [0.5, 0.6) is 0 Å². The molecule has 1 aliphatic rings. The van der Waals surface area contributed by atoms with Crippen LogP contribution in [-0.2, 0) is 6.54 Å². The summed E-state index contributed by atoms with van der Waals surface area (Å²) in [6.07, 6.45) is 4.14. The molecule has 0 N–H and O–H groups in total. The first-order chi connectivity index (χ1) is 14.8. The Balaban J connectivity index is 1.30. The fourth-order valence-electron chi connectivity index (χ4n) is 4.12. The highest BCUT2D eigenvalue weighted by Gasteiger charge is 2.25. The molecule has 0 saturated carbocycles. The van der Waals surface area contributed by atoms with Gasteiger partial charge in [-0.25, -0.2) is 4.98 Å². The van der Waals surface area contributed by atoms with E-state index in [1.807, 2.05) is 37.4 Å². The molecule has 0 atom stereocenters. The van der Waals surface area contributed by atoms with Gasteiger partial charge in [0.25, 0.3) is 0 Å². The van der Waals surface area contributed by atoms with Crippen molar-refractivity contribution in [2.75, 3.05) is 13.1 Å². The van der Waals surface area contributed by atoms with Crippen molar-refractivity contribution >= 4 is 11.3 Å². The maximum Gasteiger partial charge on any atom is 0.143 e. The first-order valence-electron chi connectivity index (χ1n) is 10.4. The van der Waals surface area contributed by atoms with Crippen LogP contribution < -0.4 is 0 Å². The molecule has 6 heteroatoms. The number of aromatic nitrogens is 3. The molecule has 3 aromatic heterocycles. The van der Waals surface area contributed by atoms with E-state index in [9.17, 15) is 0 Å². The van der Waals surface area contributed by atoms with Crippen LogP contribution in [0.1, 0.15) is 35.2 Å². The molecule has 1 aliphatic heterocycles. The van der Waals surface area contributed by atoms with Gasteiger partial charge in [-0.2, -0.15) is 0 Å². The van der Waals surface area contributed by atoms with Gasteiger partial charge in [-0.3, -0.25) is 9.88 Å². The fourth-order valence-corrected chi connectivity index (χ4v) is 5.10. The van der Waals surface area contributed by atoms with Gasteiger partial charge in [0.15, 0.2) is 0 Å². The van der Waals surface area contributed by atoms with Crippen LogP contribution in [0.25, 0.3) is 22.5 Å². The normalized spacial score (nSPS) is 15.5. The average Bonchev–Trinajstić information content (AvgIpc) is 3.42. The molecule has 1 aromatic carbocycles. The van der Waals surface area contributed by atoms with Crippen molar-refractivity contribution in [1.82, 2.24) is 20.0 Å². The third-order valence-corrected chi connectivity index (χ3v) is 6.74. The Morgan fingerprint density at radius 2 is 1.87 bits per heavy atom. The summed E-state index contributed by atoms with van der Waals surface area (Å²) in [5.74, 6) is 1.33. The number of hydrogen-bond donors (Lipinski definition) is 0. The Morgan fingerprint density at radius 1 is 1.07 bits per heavy atom. The third-order valence-electron chi connectivity index (χ3n) is 5.74. The molecule has 30 heavy (non-hydrogen) atoms. The number of piperidine rings is 1. The molecule has 0 radical (unpaired) electrons. The number of pyridine rings is 1. The Hall–Kier alpha value is -2.83. The van der Waals surface area contributed by atoms with Gasteiger partial charge in [-0.15, -0.1) is 11.3 Å². The number of aryl methyl sites for hydroxylation is 1. The third kappa shape index (κ3) is 3.93. The van der Waals surface area contributed by atoms with Crippen LogP contribution >= 0.6 is 11.3 Å². The zero-order valence-electron chi connectivity index (χ0n) is 17.0. The lowest BCUT2D eigenvalue weighted by Crippen LogP contribution is -2.32. The molecule has 0 amide bonds. The fraction of sp³-hybridized carbons (Fsp3) is 0.292. The minimum absolute atomic E-state index is 0.518. The van der Waals surface area contributed by atoms with E-state index in [1.165, 1.54) is 5.01 Å². The Labute approximate surface area is 180 Å². The summed E-state index contributed by atoms with van der Waals surface area (Å²) >= 11 is 1.76. The average molecular weight is 417 g/mol. The van der Waals surface area contributed by atoms with E-state index in [1.54, 1.807) is 11.3 Å². The highest BCUT2D eigenvalue weighted by Crippen LogP contribution is 2.38. The molecular formula is C24H24N4OS. The van der Waals surface area contributed by atoms with Gasteiger partial charge in [0, 0.05) is 29.6 Å². The lowest BCUT2D eigenvalue weighted by molar-refractivity contribution is 0.202. The van der Waals surface area contributed by atoms with Crippen LogP contribution in [0.15, 0.2) is 64.6 Å². The van der Waals surface area contributed by atoms with Gasteiger partial charge in [-0.1, -0.05) is 41.6 Å². The summed E-state index contributed by atoms with van der Waals surface area (Å²) in [5.41, 5.74) is 5.06. The zero-order valence-corrected chi connectivity index (χ0v) is 17.8. The Morgan fingerprint density at radius 3 is 2.63 bits per heavy atom. The lowest BCUT2D eigenvalue weighted by atomic mass is 9.97. The Kier molecular flexibility index (Phi) is 5.43. The van der Waals surface area contributed by atoms with Crippen LogP contribution in [0, 0.1) is 6.92 Å². The van der Waals surface area contributed by atoms with Crippen molar-refractivity contribution in [3.63, 3.8) is 0 Å². The molecule has 5 rings (SSSR count). The molecular weight excluding hydrogens is 392 g/mol.